The zero-order valence-electron chi connectivity index (χ0n) is 41.3. The first-order valence-electron chi connectivity index (χ1n) is 24.4. The van der Waals surface area contributed by atoms with E-state index in [2.05, 4.69) is 0 Å². The van der Waals surface area contributed by atoms with Crippen molar-refractivity contribution in [3.8, 4) is 0 Å². The van der Waals surface area contributed by atoms with E-state index in [1.807, 2.05) is 4.98 Å². The molecule has 5 unspecified atom stereocenters. The van der Waals surface area contributed by atoms with Gasteiger partial charge in [-0.05, 0) is 72.8 Å². The van der Waals surface area contributed by atoms with E-state index >= 15 is 8.78 Å². The first-order chi connectivity index (χ1) is 38.2. The Morgan fingerprint density at radius 3 is 1.27 bits per heavy atom. The second-order valence-corrected chi connectivity index (χ2v) is 17.7. The van der Waals surface area contributed by atoms with Crippen molar-refractivity contribution in [3.05, 3.63) is 248 Å². The topological polar surface area (TPSA) is 240 Å². The number of ether oxygens (including phenoxy) is 9. The maximum Gasteiger partial charge on any atom is 0.338 e. The Labute approximate surface area is 447 Å². The van der Waals surface area contributed by atoms with E-state index in [1.165, 1.54) is 97.1 Å². The van der Waals surface area contributed by atoms with Crippen LogP contribution in [0.2, 0.25) is 0 Å². The summed E-state index contributed by atoms with van der Waals surface area (Å²) in [6, 6.07) is 45.1. The highest BCUT2D eigenvalue weighted by atomic mass is 19.3. The molecular weight excluding hydrogens is 1030 g/mol. The van der Waals surface area contributed by atoms with Crippen molar-refractivity contribution in [1.82, 2.24) is 9.55 Å². The Morgan fingerprint density at radius 1 is 0.468 bits per heavy atom. The second-order valence-electron chi connectivity index (χ2n) is 17.7. The van der Waals surface area contributed by atoms with Gasteiger partial charge in [-0.15, -0.1) is 0 Å². The first kappa shape index (κ1) is 54.4. The summed E-state index contributed by atoms with van der Waals surface area (Å²) in [4.78, 5) is 111. The van der Waals surface area contributed by atoms with E-state index < -0.39 is 128 Å². The molecule has 2 saturated heterocycles. The summed E-state index contributed by atoms with van der Waals surface area (Å²) < 4.78 is 86.9. The molecule has 0 saturated carbocycles. The molecule has 0 amide bonds. The van der Waals surface area contributed by atoms with E-state index in [4.69, 9.17) is 42.6 Å². The van der Waals surface area contributed by atoms with Crippen LogP contribution in [0.1, 0.15) is 73.9 Å². The molecule has 9 rings (SSSR count). The van der Waals surface area contributed by atoms with Gasteiger partial charge in [0.1, 0.15) is 25.4 Å². The number of hydrogen-bond acceptors (Lipinski definition) is 17. The van der Waals surface area contributed by atoms with Crippen LogP contribution in [0.3, 0.4) is 0 Å². The smallest absolute Gasteiger partial charge is 0.338 e. The normalized spacial score (nSPS) is 21.1. The van der Waals surface area contributed by atoms with Crippen LogP contribution in [0.25, 0.3) is 0 Å². The van der Waals surface area contributed by atoms with Gasteiger partial charge < -0.3 is 42.6 Å². The lowest BCUT2D eigenvalue weighted by atomic mass is 9.97. The summed E-state index contributed by atoms with van der Waals surface area (Å²) in [6.45, 7) is -2.61. The van der Waals surface area contributed by atoms with Crippen molar-refractivity contribution < 1.29 is 80.2 Å². The number of aromatic amines is 1. The number of carbonyl (C=O) groups is 6. The van der Waals surface area contributed by atoms with E-state index in [1.54, 1.807) is 84.9 Å². The molecule has 2 aliphatic rings. The molecule has 7 aromatic rings. The minimum Gasteiger partial charge on any atom is -0.459 e. The molecule has 0 bridgehead atoms. The highest BCUT2D eigenvalue weighted by molar-refractivity contribution is 5.92. The van der Waals surface area contributed by atoms with E-state index in [9.17, 15) is 38.4 Å². The molecule has 0 aliphatic carbocycles. The van der Waals surface area contributed by atoms with E-state index in [-0.39, 0.29) is 33.4 Å². The molecule has 79 heavy (non-hydrogen) atoms. The Bertz CT molecular complexity index is 3390. The fourth-order valence-corrected chi connectivity index (χ4v) is 8.46. The van der Waals surface area contributed by atoms with E-state index in [0.717, 1.165) is 0 Å². The van der Waals surface area contributed by atoms with Crippen LogP contribution >= 0.6 is 0 Å². The van der Waals surface area contributed by atoms with Crippen LogP contribution in [0.15, 0.2) is 198 Å². The molecule has 1 N–H and O–H groups in total. The van der Waals surface area contributed by atoms with Gasteiger partial charge in [-0.1, -0.05) is 109 Å². The van der Waals surface area contributed by atoms with Gasteiger partial charge in [0.15, 0.2) is 30.7 Å². The lowest BCUT2D eigenvalue weighted by molar-refractivity contribution is -0.301. The van der Waals surface area contributed by atoms with Gasteiger partial charge in [0.05, 0.1) is 45.6 Å². The van der Waals surface area contributed by atoms with Gasteiger partial charge in [-0.3, -0.25) is 14.3 Å². The predicted octanol–water partition coefficient (Wildman–Crippen LogP) is 6.93. The molecule has 19 nitrogen and oxygen atoms in total. The molecular formula is C58H46F2N2O17. The molecule has 21 heteroatoms. The summed E-state index contributed by atoms with van der Waals surface area (Å²) in [6.07, 6.45) is -15.5. The maximum absolute atomic E-state index is 16.9. The van der Waals surface area contributed by atoms with Crippen molar-refractivity contribution in [2.24, 2.45) is 0 Å². The largest absolute Gasteiger partial charge is 0.459 e. The number of carbonyl (C=O) groups excluding carboxylic acids is 6. The molecule has 8 atom stereocenters. The Balaban J connectivity index is 1.07. The average Bonchev–Trinajstić information content (AvgIpc) is 4.04. The van der Waals surface area contributed by atoms with Crippen LogP contribution in [-0.2, 0) is 49.2 Å². The Hall–Kier alpha value is -9.44. The van der Waals surface area contributed by atoms with Crippen molar-refractivity contribution in [2.75, 3.05) is 13.2 Å². The summed E-state index contributed by atoms with van der Waals surface area (Å²) in [7, 11) is 0. The third-order valence-corrected chi connectivity index (χ3v) is 12.4. The van der Waals surface area contributed by atoms with E-state index in [0.29, 0.717) is 10.8 Å². The van der Waals surface area contributed by atoms with Gasteiger partial charge in [0.25, 0.3) is 5.56 Å². The lowest BCUT2D eigenvalue weighted by Crippen LogP contribution is -2.63. The van der Waals surface area contributed by atoms with Crippen molar-refractivity contribution in [1.29, 1.82) is 0 Å². The second kappa shape index (κ2) is 24.7. The molecule has 404 valence electrons. The number of nitrogens with zero attached hydrogens (tertiary/aromatic N) is 1. The van der Waals surface area contributed by atoms with Crippen LogP contribution in [-0.4, -0.2) is 107 Å². The lowest BCUT2D eigenvalue weighted by Gasteiger charge is -2.44. The molecule has 0 spiro atoms. The van der Waals surface area contributed by atoms with Gasteiger partial charge >= 0.3 is 47.4 Å². The fourth-order valence-electron chi connectivity index (χ4n) is 8.46. The molecule has 0 radical (unpaired) electrons. The highest BCUT2D eigenvalue weighted by Crippen LogP contribution is 2.44. The third kappa shape index (κ3) is 12.9. The molecule has 6 aromatic carbocycles. The Morgan fingerprint density at radius 2 is 0.835 bits per heavy atom. The molecule has 1 aromatic heterocycles. The summed E-state index contributed by atoms with van der Waals surface area (Å²) in [5, 5.41) is 0. The monoisotopic (exact) mass is 1080 g/mol. The number of alkyl halides is 2. The number of nitrogens with one attached hydrogen (secondary N) is 1. The highest BCUT2D eigenvalue weighted by Gasteiger charge is 2.63. The van der Waals surface area contributed by atoms with Crippen LogP contribution in [0, 0.1) is 0 Å². The number of rotatable bonds is 18. The SMILES string of the molecule is O=C(OCC1OC(OCc2cn([C@@H]3O[C@H](COC(=O)c4ccccc4)[C@@H](OC(=O)c4ccccc4)C3(F)F)c(=O)[nH]c2=O)C(OC(=O)c2ccccc2)C(OC(=O)c2ccccc2)C1OC(=O)c1ccccc1)c1ccccc1. The fraction of sp³-hybridized carbons (Fsp3) is 0.207. The number of halogens is 2. The number of esters is 6. The molecule has 3 heterocycles. The van der Waals surface area contributed by atoms with Gasteiger partial charge in [-0.2, -0.15) is 8.78 Å². The summed E-state index contributed by atoms with van der Waals surface area (Å²) in [5.74, 6) is -10.3. The van der Waals surface area contributed by atoms with Crippen molar-refractivity contribution >= 4 is 35.8 Å². The quantitative estimate of drug-likeness (QED) is 0.0677. The van der Waals surface area contributed by atoms with Crippen LogP contribution in [0.4, 0.5) is 8.78 Å². The average molecular weight is 1080 g/mol. The minimum atomic E-state index is -4.29. The number of aromatic nitrogens is 2. The maximum atomic E-state index is 16.9. The van der Waals surface area contributed by atoms with Gasteiger partial charge in [0.2, 0.25) is 6.23 Å². The third-order valence-electron chi connectivity index (χ3n) is 12.4. The molecule has 2 fully saturated rings. The standard InChI is InChI=1S/C58H46F2N2O17/c59-58(60)47(79-54(69)40-29-17-6-18-30-40)43(34-72-50(65)36-21-9-2-10-22-36)75-56(58)62-31-41(48(63)61-57(62)70)32-73-55-46(78-53(68)39-27-15-5-16-28-39)45(77-52(67)38-25-13-4-14-26-38)44(76-51(66)37-23-11-3-12-24-37)42(74-55)33-71-49(64)35-19-7-1-8-20-35/h1-31,42-47,55-56H,32-34H2,(H,61,63,70)/t42?,43-,44?,45?,46?,47-,55?,56-/m1/s1. The van der Waals surface area contributed by atoms with Gasteiger partial charge in [-0.25, -0.2) is 33.6 Å². The summed E-state index contributed by atoms with van der Waals surface area (Å²) in [5.41, 5.74) is -3.10. The van der Waals surface area contributed by atoms with Gasteiger partial charge in [0, 0.05) is 6.20 Å². The number of benzene rings is 6. The predicted molar refractivity (Wildman–Crippen MR) is 270 cm³/mol. The van der Waals surface area contributed by atoms with Crippen LogP contribution < -0.4 is 11.2 Å². The first-order valence-corrected chi connectivity index (χ1v) is 24.4. The summed E-state index contributed by atoms with van der Waals surface area (Å²) >= 11 is 0. The van der Waals surface area contributed by atoms with Crippen molar-refractivity contribution in [2.45, 2.75) is 61.7 Å². The number of H-pyrrole nitrogens is 1. The zero-order valence-corrected chi connectivity index (χ0v) is 41.3. The zero-order chi connectivity index (χ0) is 55.5. The van der Waals surface area contributed by atoms with Crippen molar-refractivity contribution in [3.63, 3.8) is 0 Å². The number of hydrogen-bond donors (Lipinski definition) is 1. The molecule has 2 aliphatic heterocycles. The Kier molecular flexibility index (Phi) is 17.0. The van der Waals surface area contributed by atoms with Crippen LogP contribution in [0.5, 0.6) is 0 Å². The minimum absolute atomic E-state index is 0.00632.